The van der Waals surface area contributed by atoms with Gasteiger partial charge in [-0.1, -0.05) is 6.92 Å². The lowest BCUT2D eigenvalue weighted by Gasteiger charge is -2.40. The first-order valence-corrected chi connectivity index (χ1v) is 8.00. The highest BCUT2D eigenvalue weighted by Crippen LogP contribution is 2.34. The summed E-state index contributed by atoms with van der Waals surface area (Å²) in [4.78, 5) is 17.8. The van der Waals surface area contributed by atoms with E-state index in [2.05, 4.69) is 22.1 Å². The van der Waals surface area contributed by atoms with Crippen LogP contribution in [0.25, 0.3) is 0 Å². The van der Waals surface area contributed by atoms with Crippen molar-refractivity contribution < 1.29 is 9.90 Å². The second-order valence-corrected chi connectivity index (χ2v) is 6.47. The van der Waals surface area contributed by atoms with Gasteiger partial charge in [0.05, 0.1) is 5.69 Å². The number of rotatable bonds is 5. The molecule has 0 radical (unpaired) electrons. The number of carbonyl (C=O) groups excluding carboxylic acids is 1. The molecule has 0 atom stereocenters. The van der Waals surface area contributed by atoms with Gasteiger partial charge in [0, 0.05) is 25.5 Å². The van der Waals surface area contributed by atoms with E-state index < -0.39 is 0 Å². The Balaban J connectivity index is 1.86. The molecule has 0 aromatic carbocycles. The Morgan fingerprint density at radius 1 is 1.55 bits per heavy atom. The van der Waals surface area contributed by atoms with Crippen molar-refractivity contribution in [2.75, 3.05) is 25.0 Å². The molecule has 20 heavy (non-hydrogen) atoms. The van der Waals surface area contributed by atoms with Crippen LogP contribution in [0.3, 0.4) is 0 Å². The first-order valence-electron chi connectivity index (χ1n) is 7.12. The molecule has 112 valence electrons. The molecule has 2 rings (SSSR count). The molecule has 1 aromatic rings. The summed E-state index contributed by atoms with van der Waals surface area (Å²) in [6.45, 7) is 6.77. The molecule has 0 spiro atoms. The molecule has 1 saturated heterocycles. The number of hydrogen-bond acceptors (Lipinski definition) is 5. The number of piperidine rings is 1. The summed E-state index contributed by atoms with van der Waals surface area (Å²) < 4.78 is 0. The first-order chi connectivity index (χ1) is 9.57. The van der Waals surface area contributed by atoms with Crippen molar-refractivity contribution >= 4 is 22.4 Å². The Morgan fingerprint density at radius 3 is 2.80 bits per heavy atom. The highest BCUT2D eigenvalue weighted by Gasteiger charge is 2.32. The van der Waals surface area contributed by atoms with Crippen LogP contribution in [-0.4, -0.2) is 40.6 Å². The van der Waals surface area contributed by atoms with Crippen LogP contribution < -0.4 is 5.32 Å². The van der Waals surface area contributed by atoms with Gasteiger partial charge in [0.25, 0.3) is 0 Å². The van der Waals surface area contributed by atoms with Gasteiger partial charge in [0.15, 0.2) is 5.13 Å². The minimum absolute atomic E-state index is 0.0838. The van der Waals surface area contributed by atoms with Crippen LogP contribution in [0.15, 0.2) is 5.38 Å². The van der Waals surface area contributed by atoms with E-state index in [4.69, 9.17) is 0 Å². The molecule has 0 unspecified atom stereocenters. The lowest BCUT2D eigenvalue weighted by Crippen LogP contribution is -2.41. The minimum atomic E-state index is -0.0838. The predicted octanol–water partition coefficient (Wildman–Crippen LogP) is 2.09. The summed E-state index contributed by atoms with van der Waals surface area (Å²) in [5, 5.41) is 14.9. The van der Waals surface area contributed by atoms with E-state index in [1.165, 1.54) is 18.3 Å². The van der Waals surface area contributed by atoms with E-state index >= 15 is 0 Å². The van der Waals surface area contributed by atoms with E-state index in [1.54, 1.807) is 0 Å². The number of aliphatic hydroxyl groups is 1. The normalized spacial score (nSPS) is 18.9. The Hall–Kier alpha value is -0.980. The van der Waals surface area contributed by atoms with Gasteiger partial charge in [-0.3, -0.25) is 9.69 Å². The van der Waals surface area contributed by atoms with Gasteiger partial charge in [-0.15, -0.1) is 11.3 Å². The fourth-order valence-electron chi connectivity index (χ4n) is 2.63. The molecule has 1 aromatic heterocycles. The van der Waals surface area contributed by atoms with Crippen molar-refractivity contribution in [1.29, 1.82) is 0 Å². The molecule has 2 heterocycles. The van der Waals surface area contributed by atoms with E-state index in [0.717, 1.165) is 44.6 Å². The Morgan fingerprint density at radius 2 is 2.25 bits per heavy atom. The lowest BCUT2D eigenvalue weighted by molar-refractivity contribution is -0.114. The zero-order valence-corrected chi connectivity index (χ0v) is 13.0. The molecule has 1 aliphatic rings. The number of nitrogens with one attached hydrogen (secondary N) is 1. The fraction of sp³-hybridized carbons (Fsp3) is 0.714. The average molecular weight is 297 g/mol. The average Bonchev–Trinajstić information content (AvgIpc) is 2.86. The number of amides is 1. The summed E-state index contributed by atoms with van der Waals surface area (Å²) in [7, 11) is 0. The van der Waals surface area contributed by atoms with Crippen LogP contribution in [0.1, 0.15) is 38.8 Å². The largest absolute Gasteiger partial charge is 0.396 e. The molecular formula is C14H23N3O2S. The third kappa shape index (κ3) is 3.77. The Labute approximate surface area is 124 Å². The molecular weight excluding hydrogens is 274 g/mol. The summed E-state index contributed by atoms with van der Waals surface area (Å²) in [6.07, 6.45) is 3.13. The van der Waals surface area contributed by atoms with Crippen molar-refractivity contribution in [3.63, 3.8) is 0 Å². The molecule has 1 aliphatic heterocycles. The van der Waals surface area contributed by atoms with Crippen molar-refractivity contribution in [2.24, 2.45) is 5.41 Å². The second kappa shape index (κ2) is 6.65. The van der Waals surface area contributed by atoms with Crippen LogP contribution >= 0.6 is 11.3 Å². The van der Waals surface area contributed by atoms with Gasteiger partial charge in [0.1, 0.15) is 0 Å². The van der Waals surface area contributed by atoms with Crippen LogP contribution in [0.5, 0.6) is 0 Å². The van der Waals surface area contributed by atoms with Gasteiger partial charge in [-0.2, -0.15) is 0 Å². The van der Waals surface area contributed by atoms with Gasteiger partial charge in [0.2, 0.25) is 5.91 Å². The van der Waals surface area contributed by atoms with Gasteiger partial charge in [-0.05, 0) is 37.8 Å². The van der Waals surface area contributed by atoms with Crippen LogP contribution in [-0.2, 0) is 11.3 Å². The Bertz CT molecular complexity index is 447. The highest BCUT2D eigenvalue weighted by atomic mass is 32.1. The number of aliphatic hydroxyl groups excluding tert-OH is 1. The third-order valence-electron chi connectivity index (χ3n) is 4.22. The number of aromatic nitrogens is 1. The maximum atomic E-state index is 11.0. The minimum Gasteiger partial charge on any atom is -0.396 e. The third-order valence-corrected chi connectivity index (χ3v) is 5.03. The summed E-state index contributed by atoms with van der Waals surface area (Å²) in [5.74, 6) is -0.0838. The number of nitrogens with zero attached hydrogens (tertiary/aromatic N) is 2. The molecule has 1 amide bonds. The zero-order chi connectivity index (χ0) is 14.6. The molecule has 6 heteroatoms. The lowest BCUT2D eigenvalue weighted by atomic mass is 9.77. The fourth-order valence-corrected chi connectivity index (χ4v) is 3.37. The maximum Gasteiger partial charge on any atom is 0.223 e. The molecule has 2 N–H and O–H groups in total. The zero-order valence-electron chi connectivity index (χ0n) is 12.2. The number of likely N-dealkylation sites (tertiary alicyclic amines) is 1. The number of carbonyl (C=O) groups is 1. The van der Waals surface area contributed by atoms with Gasteiger partial charge < -0.3 is 10.4 Å². The Kier molecular flexibility index (Phi) is 5.12. The molecule has 5 nitrogen and oxygen atoms in total. The van der Waals surface area contributed by atoms with Crippen LogP contribution in [0.4, 0.5) is 5.13 Å². The van der Waals surface area contributed by atoms with E-state index in [-0.39, 0.29) is 11.3 Å². The molecule has 0 saturated carbocycles. The smallest absolute Gasteiger partial charge is 0.223 e. The highest BCUT2D eigenvalue weighted by molar-refractivity contribution is 7.13. The van der Waals surface area contributed by atoms with Crippen molar-refractivity contribution in [1.82, 2.24) is 9.88 Å². The quantitative estimate of drug-likeness (QED) is 0.873. The molecule has 0 aliphatic carbocycles. The molecule has 0 bridgehead atoms. The monoisotopic (exact) mass is 297 g/mol. The van der Waals surface area contributed by atoms with E-state index in [0.29, 0.717) is 11.7 Å². The predicted molar refractivity (Wildman–Crippen MR) is 80.7 cm³/mol. The second-order valence-electron chi connectivity index (χ2n) is 5.61. The number of anilines is 1. The SMILES string of the molecule is CCC1(CO)CCN(Cc2csc(NC(C)=O)n2)CC1. The maximum absolute atomic E-state index is 11.0. The van der Waals surface area contributed by atoms with Crippen molar-refractivity contribution in [2.45, 2.75) is 39.7 Å². The van der Waals surface area contributed by atoms with Gasteiger partial charge >= 0.3 is 0 Å². The summed E-state index contributed by atoms with van der Waals surface area (Å²) in [6, 6.07) is 0. The standard InChI is InChI=1S/C14H23N3O2S/c1-3-14(10-18)4-6-17(7-5-14)8-12-9-20-13(16-12)15-11(2)19/h9,18H,3-8,10H2,1-2H3,(H,15,16,19). The van der Waals surface area contributed by atoms with Crippen molar-refractivity contribution in [3.8, 4) is 0 Å². The summed E-state index contributed by atoms with van der Waals surface area (Å²) in [5.41, 5.74) is 1.13. The van der Waals surface area contributed by atoms with Crippen LogP contribution in [0, 0.1) is 5.41 Å². The van der Waals surface area contributed by atoms with E-state index in [9.17, 15) is 9.90 Å². The summed E-state index contributed by atoms with van der Waals surface area (Å²) >= 11 is 1.47. The van der Waals surface area contributed by atoms with Gasteiger partial charge in [-0.25, -0.2) is 4.98 Å². The first kappa shape index (κ1) is 15.4. The van der Waals surface area contributed by atoms with E-state index in [1.807, 2.05) is 5.38 Å². The topological polar surface area (TPSA) is 65.5 Å². The van der Waals surface area contributed by atoms with Crippen LogP contribution in [0.2, 0.25) is 0 Å². The number of hydrogen-bond donors (Lipinski definition) is 2. The molecule has 1 fully saturated rings. The van der Waals surface area contributed by atoms with Crippen molar-refractivity contribution in [3.05, 3.63) is 11.1 Å². The number of thiazole rings is 1.